The lowest BCUT2D eigenvalue weighted by molar-refractivity contribution is -0.141. The average molecular weight is 332 g/mol. The van der Waals surface area contributed by atoms with Gasteiger partial charge >= 0.3 is 0 Å². The van der Waals surface area contributed by atoms with Crippen LogP contribution in [0.4, 0.5) is 0 Å². The Morgan fingerprint density at radius 2 is 2.29 bits per heavy atom. The molecule has 0 radical (unpaired) electrons. The van der Waals surface area contributed by atoms with Crippen LogP contribution in [0.5, 0.6) is 0 Å². The van der Waals surface area contributed by atoms with Crippen LogP contribution in [0.2, 0.25) is 0 Å². The Morgan fingerprint density at radius 3 is 3.00 bits per heavy atom. The van der Waals surface area contributed by atoms with Gasteiger partial charge in [-0.2, -0.15) is 0 Å². The predicted octanol–water partition coefficient (Wildman–Crippen LogP) is 1.16. The Balaban J connectivity index is 1.69. The Kier molecular flexibility index (Phi) is 5.11. The van der Waals surface area contributed by atoms with Crippen molar-refractivity contribution in [3.63, 3.8) is 0 Å². The number of fused-ring (bicyclic) bond motifs is 1. The van der Waals surface area contributed by atoms with E-state index in [0.717, 1.165) is 23.4 Å². The maximum absolute atomic E-state index is 12.0. The lowest BCUT2D eigenvalue weighted by Crippen LogP contribution is -2.53. The molecule has 0 saturated carbocycles. The minimum atomic E-state index is -0.348. The van der Waals surface area contributed by atoms with Gasteiger partial charge in [0.1, 0.15) is 11.3 Å². The molecule has 2 aromatic rings. The highest BCUT2D eigenvalue weighted by atomic mass is 16.5. The van der Waals surface area contributed by atoms with Gasteiger partial charge in [-0.15, -0.1) is 0 Å². The number of likely N-dealkylation sites (tertiary alicyclic amines) is 1. The van der Waals surface area contributed by atoms with Crippen molar-refractivity contribution in [2.45, 2.75) is 38.3 Å². The van der Waals surface area contributed by atoms with Crippen molar-refractivity contribution in [1.29, 1.82) is 0 Å². The highest BCUT2D eigenvalue weighted by Crippen LogP contribution is 2.21. The van der Waals surface area contributed by atoms with Crippen LogP contribution in [0.15, 0.2) is 18.3 Å². The molecule has 0 bridgehead atoms. The Bertz CT molecular complexity index is 709. The third-order valence-corrected chi connectivity index (χ3v) is 4.38. The number of aliphatic hydroxyl groups is 1. The number of nitrogens with zero attached hydrogens (tertiary/aromatic N) is 4. The molecule has 0 aromatic carbocycles. The summed E-state index contributed by atoms with van der Waals surface area (Å²) >= 11 is 0. The number of methoxy groups -OCH3 is 1. The second-order valence-electron chi connectivity index (χ2n) is 6.35. The van der Waals surface area contributed by atoms with Crippen LogP contribution in [0.3, 0.4) is 0 Å². The van der Waals surface area contributed by atoms with Crippen molar-refractivity contribution < 1.29 is 14.6 Å². The topological polar surface area (TPSA) is 80.5 Å². The first-order valence-electron chi connectivity index (χ1n) is 8.36. The van der Waals surface area contributed by atoms with E-state index in [2.05, 4.69) is 21.5 Å². The molecule has 7 heteroatoms. The quantitative estimate of drug-likeness (QED) is 0.823. The van der Waals surface area contributed by atoms with Crippen LogP contribution >= 0.6 is 0 Å². The SMILES string of the molecule is COCC(C)n1c(CCCC(=O)N2CC(O)C2)nc2cccnc21. The van der Waals surface area contributed by atoms with Crippen molar-refractivity contribution >= 4 is 17.1 Å². The van der Waals surface area contributed by atoms with Crippen molar-refractivity contribution in [3.05, 3.63) is 24.2 Å². The van der Waals surface area contributed by atoms with Crippen LogP contribution in [-0.4, -0.2) is 63.4 Å². The van der Waals surface area contributed by atoms with Crippen LogP contribution in [0.1, 0.15) is 31.6 Å². The first kappa shape index (κ1) is 16.9. The maximum Gasteiger partial charge on any atom is 0.222 e. The second-order valence-corrected chi connectivity index (χ2v) is 6.35. The summed E-state index contributed by atoms with van der Waals surface area (Å²) in [5.74, 6) is 1.04. The Morgan fingerprint density at radius 1 is 1.50 bits per heavy atom. The van der Waals surface area contributed by atoms with Gasteiger partial charge in [-0.1, -0.05) is 0 Å². The molecular weight excluding hydrogens is 308 g/mol. The van der Waals surface area contributed by atoms with Gasteiger partial charge in [-0.25, -0.2) is 9.97 Å². The molecule has 1 unspecified atom stereocenters. The number of imidazole rings is 1. The van der Waals surface area contributed by atoms with Gasteiger partial charge in [0, 0.05) is 39.2 Å². The van der Waals surface area contributed by atoms with Crippen molar-refractivity contribution in [2.24, 2.45) is 0 Å². The zero-order valence-electron chi connectivity index (χ0n) is 14.2. The molecule has 2 aromatic heterocycles. The van der Waals surface area contributed by atoms with Crippen molar-refractivity contribution in [1.82, 2.24) is 19.4 Å². The van der Waals surface area contributed by atoms with E-state index in [-0.39, 0.29) is 18.1 Å². The highest BCUT2D eigenvalue weighted by Gasteiger charge is 2.28. The van der Waals surface area contributed by atoms with E-state index in [9.17, 15) is 9.90 Å². The number of hydrogen-bond acceptors (Lipinski definition) is 5. The second kappa shape index (κ2) is 7.27. The fourth-order valence-corrected chi connectivity index (χ4v) is 3.15. The number of carbonyl (C=O) groups is 1. The molecule has 130 valence electrons. The monoisotopic (exact) mass is 332 g/mol. The van der Waals surface area contributed by atoms with E-state index < -0.39 is 0 Å². The van der Waals surface area contributed by atoms with Gasteiger partial charge < -0.3 is 19.3 Å². The summed E-state index contributed by atoms with van der Waals surface area (Å²) in [4.78, 5) is 22.8. The minimum Gasteiger partial charge on any atom is -0.389 e. The van der Waals surface area contributed by atoms with E-state index in [1.807, 2.05) is 12.1 Å². The minimum absolute atomic E-state index is 0.103. The van der Waals surface area contributed by atoms with Gasteiger partial charge in [-0.3, -0.25) is 4.79 Å². The molecule has 7 nitrogen and oxygen atoms in total. The zero-order valence-corrected chi connectivity index (χ0v) is 14.2. The molecule has 24 heavy (non-hydrogen) atoms. The van der Waals surface area contributed by atoms with Gasteiger partial charge in [-0.05, 0) is 25.5 Å². The number of amides is 1. The summed E-state index contributed by atoms with van der Waals surface area (Å²) < 4.78 is 7.38. The normalized spacial score (nSPS) is 16.4. The number of aliphatic hydroxyl groups excluding tert-OH is 1. The van der Waals surface area contributed by atoms with Crippen LogP contribution in [-0.2, 0) is 16.0 Å². The third kappa shape index (κ3) is 3.42. The number of ether oxygens (including phenoxy) is 1. The van der Waals surface area contributed by atoms with E-state index >= 15 is 0 Å². The molecule has 1 amide bonds. The Hall–Kier alpha value is -1.99. The number of hydrogen-bond donors (Lipinski definition) is 1. The van der Waals surface area contributed by atoms with Crippen LogP contribution < -0.4 is 0 Å². The standard InChI is InChI=1S/C17H24N4O3/c1-12(11-24-2)21-15(19-14-5-4-8-18-17(14)21)6-3-7-16(23)20-9-13(22)10-20/h4-5,8,12-13,22H,3,6-7,9-11H2,1-2H3. The fraction of sp³-hybridized carbons (Fsp3) is 0.588. The number of pyridine rings is 1. The van der Waals surface area contributed by atoms with Gasteiger partial charge in [0.2, 0.25) is 5.91 Å². The maximum atomic E-state index is 12.0. The van der Waals surface area contributed by atoms with E-state index in [0.29, 0.717) is 32.5 Å². The van der Waals surface area contributed by atoms with Gasteiger partial charge in [0.25, 0.3) is 0 Å². The molecule has 1 fully saturated rings. The molecule has 1 saturated heterocycles. The number of rotatable bonds is 7. The fourth-order valence-electron chi connectivity index (χ4n) is 3.15. The number of carbonyl (C=O) groups excluding carboxylic acids is 1. The molecule has 1 aliphatic heterocycles. The molecule has 0 spiro atoms. The first-order valence-corrected chi connectivity index (χ1v) is 8.36. The third-order valence-electron chi connectivity index (χ3n) is 4.38. The zero-order chi connectivity index (χ0) is 17.1. The summed E-state index contributed by atoms with van der Waals surface area (Å²) in [5.41, 5.74) is 1.72. The Labute approximate surface area is 141 Å². The largest absolute Gasteiger partial charge is 0.389 e. The van der Waals surface area contributed by atoms with Crippen molar-refractivity contribution in [2.75, 3.05) is 26.8 Å². The lowest BCUT2D eigenvalue weighted by Gasteiger charge is -2.35. The molecule has 1 aliphatic rings. The summed E-state index contributed by atoms with van der Waals surface area (Å²) in [7, 11) is 1.68. The van der Waals surface area contributed by atoms with E-state index in [1.54, 1.807) is 18.2 Å². The number of β-amino-alcohol motifs (C(OH)–C–C–N with tert-alkyl or cyclic N) is 1. The molecule has 3 rings (SSSR count). The van der Waals surface area contributed by atoms with Gasteiger partial charge in [0.05, 0.1) is 18.8 Å². The number of aryl methyl sites for hydroxylation is 1. The molecule has 1 N–H and O–H groups in total. The summed E-state index contributed by atoms with van der Waals surface area (Å²) in [6.07, 6.45) is 3.34. The summed E-state index contributed by atoms with van der Waals surface area (Å²) in [6.45, 7) is 3.59. The molecule has 3 heterocycles. The summed E-state index contributed by atoms with van der Waals surface area (Å²) in [5, 5.41) is 9.27. The molecule has 1 atom stereocenters. The first-order chi connectivity index (χ1) is 11.6. The number of aromatic nitrogens is 3. The predicted molar refractivity (Wildman–Crippen MR) is 89.6 cm³/mol. The average Bonchev–Trinajstić information content (AvgIpc) is 2.90. The van der Waals surface area contributed by atoms with Crippen LogP contribution in [0.25, 0.3) is 11.2 Å². The van der Waals surface area contributed by atoms with Crippen molar-refractivity contribution in [3.8, 4) is 0 Å². The smallest absolute Gasteiger partial charge is 0.222 e. The summed E-state index contributed by atoms with van der Waals surface area (Å²) in [6, 6.07) is 3.96. The van der Waals surface area contributed by atoms with Crippen LogP contribution in [0, 0.1) is 0 Å². The van der Waals surface area contributed by atoms with E-state index in [1.165, 1.54) is 0 Å². The molecule has 0 aliphatic carbocycles. The van der Waals surface area contributed by atoms with E-state index in [4.69, 9.17) is 4.74 Å². The lowest BCUT2D eigenvalue weighted by atomic mass is 10.1. The molecular formula is C17H24N4O3. The van der Waals surface area contributed by atoms with Gasteiger partial charge in [0.15, 0.2) is 5.65 Å². The highest BCUT2D eigenvalue weighted by molar-refractivity contribution is 5.77.